The van der Waals surface area contributed by atoms with Gasteiger partial charge in [0.05, 0.1) is 6.42 Å². The Kier molecular flexibility index (Phi) is 5.47. The molecule has 5 heteroatoms. The molecule has 2 N–H and O–H groups in total. The summed E-state index contributed by atoms with van der Waals surface area (Å²) in [6.45, 7) is 2.73. The van der Waals surface area contributed by atoms with Crippen molar-refractivity contribution in [3.8, 4) is 0 Å². The summed E-state index contributed by atoms with van der Waals surface area (Å²) in [5.74, 6) is -1.34. The second-order valence-corrected chi connectivity index (χ2v) is 5.28. The average molecular weight is 282 g/mol. The number of nitrogens with one attached hydrogen (secondary N) is 2. The van der Waals surface area contributed by atoms with Crippen LogP contribution in [0.4, 0.5) is 8.78 Å². The third-order valence-electron chi connectivity index (χ3n) is 3.62. The van der Waals surface area contributed by atoms with E-state index < -0.39 is 11.6 Å². The van der Waals surface area contributed by atoms with Gasteiger partial charge < -0.3 is 10.6 Å². The number of hydrogen-bond acceptors (Lipinski definition) is 2. The largest absolute Gasteiger partial charge is 0.356 e. The highest BCUT2D eigenvalue weighted by atomic mass is 19.2. The second kappa shape index (κ2) is 7.33. The minimum Gasteiger partial charge on any atom is -0.356 e. The first-order chi connectivity index (χ1) is 9.65. The molecule has 0 spiro atoms. The first-order valence-electron chi connectivity index (χ1n) is 7.06. The Morgan fingerprint density at radius 3 is 2.90 bits per heavy atom. The number of carbonyl (C=O) groups excluding carboxylic acids is 1. The van der Waals surface area contributed by atoms with Crippen molar-refractivity contribution in [2.24, 2.45) is 5.92 Å². The maximum absolute atomic E-state index is 13.0. The molecule has 1 saturated heterocycles. The fourth-order valence-corrected chi connectivity index (χ4v) is 2.48. The molecule has 1 aliphatic heterocycles. The number of benzene rings is 1. The Morgan fingerprint density at radius 2 is 2.20 bits per heavy atom. The normalized spacial score (nSPS) is 18.8. The standard InChI is InChI=1S/C15H20F2N2O/c16-13-4-3-12(8-14(13)17)9-15(20)19-7-5-11-2-1-6-18-10-11/h3-4,8,11,18H,1-2,5-7,9-10H2,(H,19,20). The van der Waals surface area contributed by atoms with E-state index in [-0.39, 0.29) is 12.3 Å². The number of amides is 1. The zero-order valence-electron chi connectivity index (χ0n) is 11.4. The van der Waals surface area contributed by atoms with E-state index in [9.17, 15) is 13.6 Å². The van der Waals surface area contributed by atoms with E-state index in [0.29, 0.717) is 18.0 Å². The van der Waals surface area contributed by atoms with Crippen molar-refractivity contribution >= 4 is 5.91 Å². The Morgan fingerprint density at radius 1 is 1.35 bits per heavy atom. The third-order valence-corrected chi connectivity index (χ3v) is 3.62. The zero-order chi connectivity index (χ0) is 14.4. The Labute approximate surface area is 117 Å². The highest BCUT2D eigenvalue weighted by molar-refractivity contribution is 5.78. The maximum atomic E-state index is 13.0. The van der Waals surface area contributed by atoms with Crippen LogP contribution in [0.1, 0.15) is 24.8 Å². The molecule has 0 aliphatic carbocycles. The topological polar surface area (TPSA) is 41.1 Å². The predicted molar refractivity (Wildman–Crippen MR) is 73.3 cm³/mol. The van der Waals surface area contributed by atoms with Crippen LogP contribution in [0.25, 0.3) is 0 Å². The molecule has 0 radical (unpaired) electrons. The fraction of sp³-hybridized carbons (Fsp3) is 0.533. The van der Waals surface area contributed by atoms with Gasteiger partial charge in [0, 0.05) is 6.54 Å². The van der Waals surface area contributed by atoms with Crippen LogP contribution in [0, 0.1) is 17.6 Å². The molecule has 1 heterocycles. The van der Waals surface area contributed by atoms with Crippen LogP contribution in [0.5, 0.6) is 0 Å². The van der Waals surface area contributed by atoms with E-state index in [1.807, 2.05) is 0 Å². The van der Waals surface area contributed by atoms with Gasteiger partial charge in [0.1, 0.15) is 0 Å². The van der Waals surface area contributed by atoms with Crippen molar-refractivity contribution in [2.45, 2.75) is 25.7 Å². The molecule has 110 valence electrons. The van der Waals surface area contributed by atoms with E-state index in [2.05, 4.69) is 10.6 Å². The highest BCUT2D eigenvalue weighted by Gasteiger charge is 2.13. The van der Waals surface area contributed by atoms with Crippen LogP contribution < -0.4 is 10.6 Å². The van der Waals surface area contributed by atoms with E-state index in [1.165, 1.54) is 18.9 Å². The van der Waals surface area contributed by atoms with E-state index in [0.717, 1.165) is 31.6 Å². The summed E-state index contributed by atoms with van der Waals surface area (Å²) in [6.07, 6.45) is 3.43. The molecule has 20 heavy (non-hydrogen) atoms. The number of halogens is 2. The van der Waals surface area contributed by atoms with Crippen LogP contribution in [0.2, 0.25) is 0 Å². The molecule has 3 nitrogen and oxygen atoms in total. The number of hydrogen-bond donors (Lipinski definition) is 2. The lowest BCUT2D eigenvalue weighted by atomic mass is 9.96. The van der Waals surface area contributed by atoms with Crippen molar-refractivity contribution in [2.75, 3.05) is 19.6 Å². The van der Waals surface area contributed by atoms with Gasteiger partial charge in [-0.25, -0.2) is 8.78 Å². The predicted octanol–water partition coefficient (Wildman–Crippen LogP) is 2.01. The SMILES string of the molecule is O=C(Cc1ccc(F)c(F)c1)NCCC1CCCNC1. The van der Waals surface area contributed by atoms with Gasteiger partial charge in [-0.3, -0.25) is 4.79 Å². The van der Waals surface area contributed by atoms with Gasteiger partial charge in [0.15, 0.2) is 11.6 Å². The van der Waals surface area contributed by atoms with Gasteiger partial charge in [0.2, 0.25) is 5.91 Å². The average Bonchev–Trinajstić information content (AvgIpc) is 2.44. The minimum absolute atomic E-state index is 0.0834. The first kappa shape index (κ1) is 14.9. The van der Waals surface area contributed by atoms with Crippen LogP contribution in [-0.2, 0) is 11.2 Å². The van der Waals surface area contributed by atoms with Crippen LogP contribution in [0.15, 0.2) is 18.2 Å². The molecular formula is C15H20F2N2O. The molecule has 2 rings (SSSR count). The van der Waals surface area contributed by atoms with Gasteiger partial charge >= 0.3 is 0 Å². The molecule has 0 saturated carbocycles. The fourth-order valence-electron chi connectivity index (χ4n) is 2.48. The summed E-state index contributed by atoms with van der Waals surface area (Å²) in [7, 11) is 0. The van der Waals surface area contributed by atoms with Gasteiger partial charge in [-0.05, 0) is 56.0 Å². The number of rotatable bonds is 5. The number of piperidine rings is 1. The monoisotopic (exact) mass is 282 g/mol. The molecule has 1 aliphatic rings. The van der Waals surface area contributed by atoms with Crippen molar-refractivity contribution in [1.82, 2.24) is 10.6 Å². The van der Waals surface area contributed by atoms with Gasteiger partial charge in [-0.15, -0.1) is 0 Å². The summed E-state index contributed by atoms with van der Waals surface area (Å²) in [5.41, 5.74) is 0.487. The molecule has 0 bridgehead atoms. The van der Waals surface area contributed by atoms with Crippen molar-refractivity contribution < 1.29 is 13.6 Å². The molecule has 1 aromatic rings. The quantitative estimate of drug-likeness (QED) is 0.867. The van der Waals surface area contributed by atoms with Crippen molar-refractivity contribution in [3.05, 3.63) is 35.4 Å². The number of carbonyl (C=O) groups is 1. The molecule has 1 fully saturated rings. The summed E-state index contributed by atoms with van der Waals surface area (Å²) in [6, 6.07) is 3.55. The summed E-state index contributed by atoms with van der Waals surface area (Å²) < 4.78 is 25.8. The van der Waals surface area contributed by atoms with Gasteiger partial charge in [-0.1, -0.05) is 6.07 Å². The van der Waals surface area contributed by atoms with Crippen LogP contribution in [0.3, 0.4) is 0 Å². The molecule has 1 unspecified atom stereocenters. The van der Waals surface area contributed by atoms with Crippen molar-refractivity contribution in [3.63, 3.8) is 0 Å². The third kappa shape index (κ3) is 4.56. The molecule has 1 atom stereocenters. The summed E-state index contributed by atoms with van der Waals surface area (Å²) in [4.78, 5) is 11.7. The van der Waals surface area contributed by atoms with Gasteiger partial charge in [-0.2, -0.15) is 0 Å². The minimum atomic E-state index is -0.913. The second-order valence-electron chi connectivity index (χ2n) is 5.28. The highest BCUT2D eigenvalue weighted by Crippen LogP contribution is 2.13. The molecule has 0 aromatic heterocycles. The van der Waals surface area contributed by atoms with Crippen LogP contribution in [-0.4, -0.2) is 25.5 Å². The van der Waals surface area contributed by atoms with Gasteiger partial charge in [0.25, 0.3) is 0 Å². The lowest BCUT2D eigenvalue weighted by Gasteiger charge is -2.22. The Bertz CT molecular complexity index is 459. The zero-order valence-corrected chi connectivity index (χ0v) is 11.4. The Balaban J connectivity index is 1.70. The summed E-state index contributed by atoms with van der Waals surface area (Å²) >= 11 is 0. The lowest BCUT2D eigenvalue weighted by molar-refractivity contribution is -0.120. The van der Waals surface area contributed by atoms with Crippen LogP contribution >= 0.6 is 0 Å². The smallest absolute Gasteiger partial charge is 0.224 e. The Hall–Kier alpha value is -1.49. The van der Waals surface area contributed by atoms with E-state index in [4.69, 9.17) is 0 Å². The molecule has 1 aromatic carbocycles. The van der Waals surface area contributed by atoms with E-state index in [1.54, 1.807) is 0 Å². The molecular weight excluding hydrogens is 262 g/mol. The summed E-state index contributed by atoms with van der Waals surface area (Å²) in [5, 5.41) is 6.16. The van der Waals surface area contributed by atoms with E-state index >= 15 is 0 Å². The lowest BCUT2D eigenvalue weighted by Crippen LogP contribution is -2.33. The van der Waals surface area contributed by atoms with Crippen molar-refractivity contribution in [1.29, 1.82) is 0 Å². The maximum Gasteiger partial charge on any atom is 0.224 e. The first-order valence-corrected chi connectivity index (χ1v) is 7.06. The molecule has 1 amide bonds.